The van der Waals surface area contributed by atoms with E-state index in [0.29, 0.717) is 16.5 Å². The molecule has 2 aromatic heterocycles. The van der Waals surface area contributed by atoms with Crippen molar-refractivity contribution in [3.05, 3.63) is 58.5 Å². The Kier molecular flexibility index (Phi) is 4.10. The van der Waals surface area contributed by atoms with Crippen molar-refractivity contribution in [1.29, 1.82) is 0 Å². The summed E-state index contributed by atoms with van der Waals surface area (Å²) in [6.45, 7) is 1.99. The van der Waals surface area contributed by atoms with Crippen molar-refractivity contribution >= 4 is 22.7 Å². The molecule has 1 aliphatic carbocycles. The van der Waals surface area contributed by atoms with Crippen molar-refractivity contribution < 1.29 is 0 Å². The van der Waals surface area contributed by atoms with E-state index in [1.807, 2.05) is 43.3 Å². The van der Waals surface area contributed by atoms with Gasteiger partial charge in [-0.2, -0.15) is 0 Å². The number of nitrogens with zero attached hydrogens (tertiary/aromatic N) is 3. The first-order valence-corrected chi connectivity index (χ1v) is 9.22. The second kappa shape index (κ2) is 6.40. The Morgan fingerprint density at radius 3 is 2.67 bits per heavy atom. The lowest BCUT2D eigenvalue weighted by molar-refractivity contribution is 0.784. The van der Waals surface area contributed by atoms with Crippen molar-refractivity contribution in [2.24, 2.45) is 0 Å². The van der Waals surface area contributed by atoms with E-state index in [9.17, 15) is 4.79 Å². The molecule has 0 atom stereocenters. The third-order valence-corrected chi connectivity index (χ3v) is 5.73. The molecule has 1 saturated carbocycles. The average molecular weight is 337 g/mol. The predicted octanol–water partition coefficient (Wildman–Crippen LogP) is 4.12. The Labute approximate surface area is 145 Å². The van der Waals surface area contributed by atoms with Gasteiger partial charge >= 0.3 is 0 Å². The van der Waals surface area contributed by atoms with Crippen molar-refractivity contribution in [2.45, 2.75) is 43.0 Å². The lowest BCUT2D eigenvalue weighted by atomic mass is 10.2. The fourth-order valence-corrected chi connectivity index (χ4v) is 4.44. The summed E-state index contributed by atoms with van der Waals surface area (Å²) < 4.78 is 1.67. The number of hydrogen-bond acceptors (Lipinski definition) is 4. The molecule has 0 aliphatic heterocycles. The zero-order chi connectivity index (χ0) is 16.5. The van der Waals surface area contributed by atoms with Gasteiger partial charge in [0, 0.05) is 11.4 Å². The molecule has 0 amide bonds. The maximum Gasteiger partial charge on any atom is 0.267 e. The van der Waals surface area contributed by atoms with Gasteiger partial charge in [-0.1, -0.05) is 42.8 Å². The highest BCUT2D eigenvalue weighted by molar-refractivity contribution is 7.99. The molecule has 1 aliphatic rings. The largest absolute Gasteiger partial charge is 0.268 e. The van der Waals surface area contributed by atoms with Crippen molar-refractivity contribution in [3.63, 3.8) is 0 Å². The zero-order valence-electron chi connectivity index (χ0n) is 13.6. The fraction of sp³-hybridized carbons (Fsp3) is 0.316. The van der Waals surface area contributed by atoms with Gasteiger partial charge in [-0.05, 0) is 43.5 Å². The summed E-state index contributed by atoms with van der Waals surface area (Å²) in [6.07, 6.45) is 6.70. The minimum absolute atomic E-state index is 0.0440. The number of benzene rings is 1. The third kappa shape index (κ3) is 2.84. The van der Waals surface area contributed by atoms with E-state index in [1.54, 1.807) is 22.5 Å². The molecule has 4 nitrogen and oxygen atoms in total. The highest BCUT2D eigenvalue weighted by Gasteiger charge is 2.21. The van der Waals surface area contributed by atoms with Crippen LogP contribution in [-0.4, -0.2) is 19.8 Å². The van der Waals surface area contributed by atoms with Crippen LogP contribution in [0.25, 0.3) is 16.7 Å². The van der Waals surface area contributed by atoms with E-state index < -0.39 is 0 Å². The molecule has 0 saturated heterocycles. The van der Waals surface area contributed by atoms with Crippen LogP contribution in [0.5, 0.6) is 0 Å². The van der Waals surface area contributed by atoms with Gasteiger partial charge in [0.05, 0.1) is 10.9 Å². The maximum absolute atomic E-state index is 13.1. The SMILES string of the molecule is Cc1ccc(-n2c(SC3CCCC3)nc3ccccc3c2=O)nc1. The number of rotatable bonds is 3. The number of aromatic nitrogens is 3. The summed E-state index contributed by atoms with van der Waals surface area (Å²) >= 11 is 1.72. The van der Waals surface area contributed by atoms with Gasteiger partial charge in [-0.15, -0.1) is 0 Å². The molecule has 0 bridgehead atoms. The Balaban J connectivity index is 1.91. The van der Waals surface area contributed by atoms with Crippen molar-refractivity contribution in [2.75, 3.05) is 0 Å². The predicted molar refractivity (Wildman–Crippen MR) is 98.0 cm³/mol. The fourth-order valence-electron chi connectivity index (χ4n) is 3.14. The molecule has 122 valence electrons. The summed E-state index contributed by atoms with van der Waals surface area (Å²) in [5, 5.41) is 1.92. The van der Waals surface area contributed by atoms with E-state index >= 15 is 0 Å². The van der Waals surface area contributed by atoms with Crippen molar-refractivity contribution in [3.8, 4) is 5.82 Å². The molecule has 0 radical (unpaired) electrons. The summed E-state index contributed by atoms with van der Waals surface area (Å²) in [5.74, 6) is 0.643. The molecule has 3 aromatic rings. The van der Waals surface area contributed by atoms with E-state index in [1.165, 1.54) is 25.7 Å². The van der Waals surface area contributed by atoms with Crippen LogP contribution in [0, 0.1) is 6.92 Å². The number of pyridine rings is 1. The third-order valence-electron chi connectivity index (χ3n) is 4.44. The highest BCUT2D eigenvalue weighted by Crippen LogP contribution is 2.34. The molecule has 1 aromatic carbocycles. The number of aryl methyl sites for hydroxylation is 1. The second-order valence-corrected chi connectivity index (χ2v) is 7.54. The molecule has 4 rings (SSSR count). The van der Waals surface area contributed by atoms with Crippen LogP contribution in [0.2, 0.25) is 0 Å². The van der Waals surface area contributed by atoms with Gasteiger partial charge in [0.15, 0.2) is 5.16 Å². The van der Waals surface area contributed by atoms with Gasteiger partial charge in [0.2, 0.25) is 0 Å². The minimum Gasteiger partial charge on any atom is -0.268 e. The molecule has 0 N–H and O–H groups in total. The van der Waals surface area contributed by atoms with E-state index in [-0.39, 0.29) is 5.56 Å². The summed E-state index contributed by atoms with van der Waals surface area (Å²) in [5.41, 5.74) is 1.79. The zero-order valence-corrected chi connectivity index (χ0v) is 14.4. The molecule has 0 unspecified atom stereocenters. The smallest absolute Gasteiger partial charge is 0.267 e. The van der Waals surface area contributed by atoms with Crippen LogP contribution >= 0.6 is 11.8 Å². The summed E-state index contributed by atoms with van der Waals surface area (Å²) in [7, 11) is 0. The van der Waals surface area contributed by atoms with E-state index in [4.69, 9.17) is 4.98 Å². The number of para-hydroxylation sites is 1. The standard InChI is InChI=1S/C19H19N3OS/c1-13-10-11-17(20-12-13)22-18(23)15-8-4-5-9-16(15)21-19(22)24-14-6-2-3-7-14/h4-5,8-12,14H,2-3,6-7H2,1H3. The summed E-state index contributed by atoms with van der Waals surface area (Å²) in [6, 6.07) is 11.4. The van der Waals surface area contributed by atoms with E-state index in [2.05, 4.69) is 4.98 Å². The summed E-state index contributed by atoms with van der Waals surface area (Å²) in [4.78, 5) is 22.3. The molecule has 0 spiro atoms. The normalized spacial score (nSPS) is 15.2. The first-order chi connectivity index (χ1) is 11.7. The number of hydrogen-bond donors (Lipinski definition) is 0. The molecular weight excluding hydrogens is 318 g/mol. The monoisotopic (exact) mass is 337 g/mol. The van der Waals surface area contributed by atoms with Gasteiger partial charge < -0.3 is 0 Å². The quantitative estimate of drug-likeness (QED) is 0.675. The molecule has 5 heteroatoms. The van der Waals surface area contributed by atoms with Gasteiger partial charge in [0.1, 0.15) is 5.82 Å². The van der Waals surface area contributed by atoms with Crippen LogP contribution in [-0.2, 0) is 0 Å². The highest BCUT2D eigenvalue weighted by atomic mass is 32.2. The Morgan fingerprint density at radius 1 is 1.12 bits per heavy atom. The average Bonchev–Trinajstić information content (AvgIpc) is 3.10. The van der Waals surface area contributed by atoms with Crippen LogP contribution in [0.1, 0.15) is 31.2 Å². The first-order valence-electron chi connectivity index (χ1n) is 8.34. The van der Waals surface area contributed by atoms with Crippen LogP contribution < -0.4 is 5.56 Å². The topological polar surface area (TPSA) is 47.8 Å². The van der Waals surface area contributed by atoms with Gasteiger partial charge in [0.25, 0.3) is 5.56 Å². The molecule has 1 fully saturated rings. The van der Waals surface area contributed by atoms with Gasteiger partial charge in [-0.3, -0.25) is 4.79 Å². The lowest BCUT2D eigenvalue weighted by Gasteiger charge is -2.15. The number of thioether (sulfide) groups is 1. The Morgan fingerprint density at radius 2 is 1.92 bits per heavy atom. The van der Waals surface area contributed by atoms with Crippen LogP contribution in [0.3, 0.4) is 0 Å². The van der Waals surface area contributed by atoms with Crippen molar-refractivity contribution in [1.82, 2.24) is 14.5 Å². The van der Waals surface area contributed by atoms with Gasteiger partial charge in [-0.25, -0.2) is 14.5 Å². The van der Waals surface area contributed by atoms with Crippen LogP contribution in [0.4, 0.5) is 0 Å². The Hall–Kier alpha value is -2.14. The molecule has 24 heavy (non-hydrogen) atoms. The van der Waals surface area contributed by atoms with E-state index in [0.717, 1.165) is 16.2 Å². The lowest BCUT2D eigenvalue weighted by Crippen LogP contribution is -2.23. The molecular formula is C19H19N3OS. The van der Waals surface area contributed by atoms with Crippen LogP contribution in [0.15, 0.2) is 52.5 Å². The Bertz CT molecular complexity index is 927. The first kappa shape index (κ1) is 15.4. The molecule has 2 heterocycles. The number of fused-ring (bicyclic) bond motifs is 1. The minimum atomic E-state index is -0.0440. The second-order valence-electron chi connectivity index (χ2n) is 6.27. The maximum atomic E-state index is 13.1.